The van der Waals surface area contributed by atoms with E-state index in [1.165, 1.54) is 16.5 Å². The normalized spacial score (nSPS) is 23.1. The number of fused-ring (bicyclic) bond motifs is 4. The third-order valence-corrected chi connectivity index (χ3v) is 6.97. The molecule has 0 saturated heterocycles. The van der Waals surface area contributed by atoms with Crippen molar-refractivity contribution in [1.82, 2.24) is 19.9 Å². The first kappa shape index (κ1) is 19.6. The van der Waals surface area contributed by atoms with Crippen LogP contribution in [0.3, 0.4) is 0 Å². The van der Waals surface area contributed by atoms with Gasteiger partial charge in [-0.2, -0.15) is 0 Å². The van der Waals surface area contributed by atoms with Gasteiger partial charge in [-0.3, -0.25) is 5.32 Å². The average Bonchev–Trinajstić information content (AvgIpc) is 3.53. The first-order chi connectivity index (χ1) is 15.7. The fourth-order valence-electron chi connectivity index (χ4n) is 5.37. The van der Waals surface area contributed by atoms with Crippen molar-refractivity contribution >= 4 is 10.9 Å². The second kappa shape index (κ2) is 8.11. The lowest BCUT2D eigenvalue weighted by Crippen LogP contribution is -2.42. The minimum atomic E-state index is -0.556. The summed E-state index contributed by atoms with van der Waals surface area (Å²) in [6.07, 6.45) is 10.0. The van der Waals surface area contributed by atoms with Crippen LogP contribution < -0.4 is 10.1 Å². The van der Waals surface area contributed by atoms with Crippen molar-refractivity contribution < 1.29 is 9.84 Å². The van der Waals surface area contributed by atoms with Crippen LogP contribution in [0.5, 0.6) is 5.75 Å². The number of hydrogen-bond acceptors (Lipinski definition) is 4. The Morgan fingerprint density at radius 2 is 2.00 bits per heavy atom. The molecule has 3 N–H and O–H groups in total. The van der Waals surface area contributed by atoms with Crippen molar-refractivity contribution in [3.8, 4) is 17.0 Å². The quantitative estimate of drug-likeness (QED) is 0.392. The number of H-pyrrole nitrogens is 1. The molecule has 0 bridgehead atoms. The van der Waals surface area contributed by atoms with Gasteiger partial charge in [0.15, 0.2) is 0 Å². The molecule has 4 aromatic rings. The summed E-state index contributed by atoms with van der Waals surface area (Å²) in [4.78, 5) is 7.53. The number of aliphatic hydroxyl groups is 1. The fraction of sp³-hybridized carbons (Fsp3) is 0.346. The van der Waals surface area contributed by atoms with Crippen LogP contribution in [0.2, 0.25) is 0 Å². The summed E-state index contributed by atoms with van der Waals surface area (Å²) in [5.74, 6) is 0.935. The summed E-state index contributed by atoms with van der Waals surface area (Å²) in [6.45, 7) is 0. The zero-order valence-electron chi connectivity index (χ0n) is 17.9. The van der Waals surface area contributed by atoms with Crippen molar-refractivity contribution in [1.29, 1.82) is 0 Å². The van der Waals surface area contributed by atoms with E-state index >= 15 is 0 Å². The van der Waals surface area contributed by atoms with Crippen LogP contribution in [-0.2, 0) is 0 Å². The topological polar surface area (TPSA) is 75.1 Å². The zero-order chi connectivity index (χ0) is 21.5. The average molecular weight is 429 g/mol. The van der Waals surface area contributed by atoms with Gasteiger partial charge in [0, 0.05) is 35.1 Å². The molecule has 2 atom stereocenters. The fourth-order valence-corrected chi connectivity index (χ4v) is 5.37. The predicted octanol–water partition coefficient (Wildman–Crippen LogP) is 4.62. The molecule has 1 aliphatic carbocycles. The van der Waals surface area contributed by atoms with Crippen molar-refractivity contribution in [2.45, 2.75) is 56.5 Å². The number of nitrogens with zero attached hydrogens (tertiary/aromatic N) is 2. The highest BCUT2D eigenvalue weighted by atomic mass is 16.5. The van der Waals surface area contributed by atoms with E-state index in [2.05, 4.69) is 62.3 Å². The Morgan fingerprint density at radius 1 is 1.12 bits per heavy atom. The molecule has 164 valence electrons. The molecule has 0 amide bonds. The molecule has 32 heavy (non-hydrogen) atoms. The maximum absolute atomic E-state index is 10.9. The summed E-state index contributed by atoms with van der Waals surface area (Å²) in [7, 11) is 0. The van der Waals surface area contributed by atoms with Crippen LogP contribution in [0.15, 0.2) is 67.3 Å². The number of aliphatic hydroxyl groups excluding tert-OH is 1. The third-order valence-electron chi connectivity index (χ3n) is 6.97. The van der Waals surface area contributed by atoms with Gasteiger partial charge in [0.1, 0.15) is 12.0 Å². The molecule has 1 saturated carbocycles. The van der Waals surface area contributed by atoms with Gasteiger partial charge in [0.25, 0.3) is 0 Å². The number of rotatable bonds is 6. The van der Waals surface area contributed by atoms with Crippen molar-refractivity contribution in [3.63, 3.8) is 0 Å². The number of aromatic amines is 1. The molecule has 6 heteroatoms. The van der Waals surface area contributed by atoms with Gasteiger partial charge in [-0.1, -0.05) is 24.3 Å². The van der Waals surface area contributed by atoms with Crippen molar-refractivity contribution in [2.75, 3.05) is 0 Å². The number of ether oxygens (including phenoxy) is 1. The Hall–Kier alpha value is -3.09. The lowest BCUT2D eigenvalue weighted by molar-refractivity contribution is 0.0769. The molecule has 2 aromatic carbocycles. The number of hydrogen-bond donors (Lipinski definition) is 3. The van der Waals surface area contributed by atoms with Crippen LogP contribution in [0, 0.1) is 0 Å². The molecule has 1 aliphatic heterocycles. The minimum absolute atomic E-state index is 0.120. The Morgan fingerprint density at radius 3 is 2.91 bits per heavy atom. The van der Waals surface area contributed by atoms with E-state index in [0.29, 0.717) is 12.5 Å². The maximum Gasteiger partial charge on any atom is 0.120 e. The van der Waals surface area contributed by atoms with Gasteiger partial charge in [0.05, 0.1) is 30.4 Å². The number of imidazole rings is 1. The van der Waals surface area contributed by atoms with Crippen LogP contribution in [-0.4, -0.2) is 38.0 Å². The Labute approximate surface area is 187 Å². The van der Waals surface area contributed by atoms with Crippen LogP contribution in [0.25, 0.3) is 22.2 Å². The van der Waals surface area contributed by atoms with Gasteiger partial charge >= 0.3 is 0 Å². The lowest BCUT2D eigenvalue weighted by atomic mass is 9.92. The highest BCUT2D eigenvalue weighted by Gasteiger charge is 2.31. The second-order valence-electron chi connectivity index (χ2n) is 9.03. The lowest BCUT2D eigenvalue weighted by Gasteiger charge is -2.32. The van der Waals surface area contributed by atoms with Gasteiger partial charge < -0.3 is 19.4 Å². The summed E-state index contributed by atoms with van der Waals surface area (Å²) in [5.41, 5.74) is 4.75. The van der Waals surface area contributed by atoms with Gasteiger partial charge in [-0.05, 0) is 55.5 Å². The first-order valence-corrected chi connectivity index (χ1v) is 11.5. The van der Waals surface area contributed by atoms with Crippen molar-refractivity contribution in [2.24, 2.45) is 0 Å². The van der Waals surface area contributed by atoms with E-state index in [-0.39, 0.29) is 12.1 Å². The smallest absolute Gasteiger partial charge is 0.120 e. The van der Waals surface area contributed by atoms with Crippen LogP contribution >= 0.6 is 0 Å². The van der Waals surface area contributed by atoms with Gasteiger partial charge in [-0.25, -0.2) is 4.98 Å². The highest BCUT2D eigenvalue weighted by Crippen LogP contribution is 2.41. The largest absolute Gasteiger partial charge is 0.490 e. The van der Waals surface area contributed by atoms with E-state index in [1.54, 1.807) is 0 Å². The number of aromatic nitrogens is 3. The molecule has 0 radical (unpaired) electrons. The number of nitrogens with one attached hydrogen (secondary N) is 2. The molecule has 6 rings (SSSR count). The van der Waals surface area contributed by atoms with E-state index in [0.717, 1.165) is 42.6 Å². The third kappa shape index (κ3) is 3.59. The van der Waals surface area contributed by atoms with Gasteiger partial charge in [-0.15, -0.1) is 0 Å². The predicted molar refractivity (Wildman–Crippen MR) is 125 cm³/mol. The molecule has 2 aromatic heterocycles. The summed E-state index contributed by atoms with van der Waals surface area (Å²) in [6, 6.07) is 17.1. The van der Waals surface area contributed by atoms with Crippen LogP contribution in [0.1, 0.15) is 43.7 Å². The van der Waals surface area contributed by atoms with E-state index in [1.807, 2.05) is 24.8 Å². The maximum atomic E-state index is 10.9. The zero-order valence-corrected chi connectivity index (χ0v) is 17.9. The molecular weight excluding hydrogens is 400 g/mol. The van der Waals surface area contributed by atoms with Gasteiger partial charge in [0.2, 0.25) is 0 Å². The standard InChI is InChI=1S/C26H28N4O2/c31-26(14-24-21-3-1-2-4-22(21)25-15-27-16-30(24)25)29-18-5-7-19(8-6-18)32-20-9-10-23-17(13-20)11-12-28-23/h1-4,9-13,15-16,18-19,24,26,28-29,31H,5-8,14H2. The number of benzene rings is 2. The molecule has 6 nitrogen and oxygen atoms in total. The van der Waals surface area contributed by atoms with Crippen molar-refractivity contribution in [3.05, 3.63) is 72.8 Å². The summed E-state index contributed by atoms with van der Waals surface area (Å²) < 4.78 is 8.43. The monoisotopic (exact) mass is 428 g/mol. The summed E-state index contributed by atoms with van der Waals surface area (Å²) >= 11 is 0. The van der Waals surface area contributed by atoms with E-state index in [4.69, 9.17) is 4.74 Å². The SMILES string of the molecule is OC(CC1c2ccccc2-c2cncn21)NC1CCC(Oc2ccc3[nH]ccc3c2)CC1. The minimum Gasteiger partial charge on any atom is -0.490 e. The molecule has 2 unspecified atom stereocenters. The second-order valence-corrected chi connectivity index (χ2v) is 9.03. The Kier molecular flexibility index (Phi) is 4.97. The first-order valence-electron chi connectivity index (χ1n) is 11.5. The molecular formula is C26H28N4O2. The Bertz CT molecular complexity index is 1220. The molecule has 0 spiro atoms. The molecule has 3 heterocycles. The molecule has 2 aliphatic rings. The molecule has 1 fully saturated rings. The van der Waals surface area contributed by atoms with E-state index in [9.17, 15) is 5.11 Å². The van der Waals surface area contributed by atoms with E-state index < -0.39 is 6.23 Å². The highest BCUT2D eigenvalue weighted by molar-refractivity contribution is 5.80. The summed E-state index contributed by atoms with van der Waals surface area (Å²) in [5, 5.41) is 15.5. The van der Waals surface area contributed by atoms with Crippen LogP contribution in [0.4, 0.5) is 0 Å². The Balaban J connectivity index is 1.04.